The lowest BCUT2D eigenvalue weighted by atomic mass is 10.2. The Bertz CT molecular complexity index is 697. The largest absolute Gasteiger partial charge is 0.478 e. The van der Waals surface area contributed by atoms with E-state index in [9.17, 15) is 9.59 Å². The van der Waals surface area contributed by atoms with Crippen LogP contribution in [0.25, 0.3) is 0 Å². The molecule has 0 unspecified atom stereocenters. The molecule has 0 bridgehead atoms. The van der Waals surface area contributed by atoms with Crippen molar-refractivity contribution in [1.29, 1.82) is 0 Å². The number of hydrogen-bond acceptors (Lipinski definition) is 4. The standard InChI is InChI=1S/C13H11BrN2O3S/c1-6-11(20-7(2)15-6)12(17)16-10-5-8(14)3-4-9(10)13(18)19/h3-5H,1-2H3,(H,16,17)(H,18,19). The van der Waals surface area contributed by atoms with E-state index in [1.54, 1.807) is 19.1 Å². The maximum Gasteiger partial charge on any atom is 0.337 e. The van der Waals surface area contributed by atoms with Crippen LogP contribution in [0, 0.1) is 13.8 Å². The van der Waals surface area contributed by atoms with E-state index in [1.165, 1.54) is 17.4 Å². The Morgan fingerprint density at radius 3 is 2.60 bits per heavy atom. The predicted octanol–water partition coefficient (Wildman–Crippen LogP) is 3.47. The highest BCUT2D eigenvalue weighted by Crippen LogP contribution is 2.24. The quantitative estimate of drug-likeness (QED) is 0.884. The molecule has 0 saturated heterocycles. The molecule has 1 aromatic carbocycles. The Labute approximate surface area is 127 Å². The molecule has 0 aliphatic carbocycles. The van der Waals surface area contributed by atoms with Crippen LogP contribution in [0.15, 0.2) is 22.7 Å². The molecular weight excluding hydrogens is 344 g/mol. The number of carboxylic acid groups (broad SMARTS) is 1. The van der Waals surface area contributed by atoms with Crippen molar-refractivity contribution >= 4 is 44.8 Å². The van der Waals surface area contributed by atoms with Gasteiger partial charge in [-0.25, -0.2) is 9.78 Å². The van der Waals surface area contributed by atoms with Crippen LogP contribution in [0.2, 0.25) is 0 Å². The lowest BCUT2D eigenvalue weighted by Gasteiger charge is -2.08. The molecule has 0 aliphatic rings. The van der Waals surface area contributed by atoms with Gasteiger partial charge in [-0.15, -0.1) is 11.3 Å². The second-order valence-corrected chi connectivity index (χ2v) is 6.22. The van der Waals surface area contributed by atoms with Crippen LogP contribution < -0.4 is 5.32 Å². The van der Waals surface area contributed by atoms with Gasteiger partial charge in [0.1, 0.15) is 4.88 Å². The molecular formula is C13H11BrN2O3S. The first kappa shape index (κ1) is 14.7. The number of amides is 1. The number of anilines is 1. The van der Waals surface area contributed by atoms with Gasteiger partial charge in [-0.2, -0.15) is 0 Å². The van der Waals surface area contributed by atoms with Crippen molar-refractivity contribution < 1.29 is 14.7 Å². The number of thiazole rings is 1. The van der Waals surface area contributed by atoms with E-state index in [0.29, 0.717) is 15.0 Å². The van der Waals surface area contributed by atoms with Gasteiger partial charge in [-0.05, 0) is 32.0 Å². The van der Waals surface area contributed by atoms with Gasteiger partial charge < -0.3 is 10.4 Å². The summed E-state index contributed by atoms with van der Waals surface area (Å²) in [7, 11) is 0. The molecule has 0 saturated carbocycles. The summed E-state index contributed by atoms with van der Waals surface area (Å²) in [6.07, 6.45) is 0. The topological polar surface area (TPSA) is 79.3 Å². The number of carbonyl (C=O) groups excluding carboxylic acids is 1. The number of aromatic nitrogens is 1. The Kier molecular flexibility index (Phi) is 4.20. The zero-order chi connectivity index (χ0) is 14.9. The maximum atomic E-state index is 12.2. The summed E-state index contributed by atoms with van der Waals surface area (Å²) in [6.45, 7) is 3.56. The van der Waals surface area contributed by atoms with E-state index < -0.39 is 5.97 Å². The van der Waals surface area contributed by atoms with E-state index in [2.05, 4.69) is 26.2 Å². The van der Waals surface area contributed by atoms with Crippen molar-refractivity contribution in [3.05, 3.63) is 43.8 Å². The van der Waals surface area contributed by atoms with E-state index >= 15 is 0 Å². The van der Waals surface area contributed by atoms with Crippen molar-refractivity contribution in [2.45, 2.75) is 13.8 Å². The van der Waals surface area contributed by atoms with Crippen LogP contribution in [-0.4, -0.2) is 22.0 Å². The van der Waals surface area contributed by atoms with Crippen LogP contribution in [0.4, 0.5) is 5.69 Å². The SMILES string of the molecule is Cc1nc(C)c(C(=O)Nc2cc(Br)ccc2C(=O)O)s1. The number of halogens is 1. The first-order chi connectivity index (χ1) is 9.38. The summed E-state index contributed by atoms with van der Waals surface area (Å²) in [5, 5.41) is 12.5. The third kappa shape index (κ3) is 3.05. The molecule has 20 heavy (non-hydrogen) atoms. The fourth-order valence-electron chi connectivity index (χ4n) is 1.73. The third-order valence-corrected chi connectivity index (χ3v) is 4.13. The minimum Gasteiger partial charge on any atom is -0.478 e. The highest BCUT2D eigenvalue weighted by atomic mass is 79.9. The van der Waals surface area contributed by atoms with Gasteiger partial charge in [0, 0.05) is 4.47 Å². The second kappa shape index (κ2) is 5.72. The van der Waals surface area contributed by atoms with Gasteiger partial charge in [0.25, 0.3) is 5.91 Å². The Balaban J connectivity index is 2.34. The van der Waals surface area contributed by atoms with Crippen LogP contribution in [0.3, 0.4) is 0 Å². The number of aromatic carboxylic acids is 1. The molecule has 0 aliphatic heterocycles. The highest BCUT2D eigenvalue weighted by molar-refractivity contribution is 9.10. The molecule has 2 rings (SSSR count). The minimum absolute atomic E-state index is 0.0421. The van der Waals surface area contributed by atoms with E-state index in [-0.39, 0.29) is 17.2 Å². The van der Waals surface area contributed by atoms with E-state index in [0.717, 1.165) is 5.01 Å². The number of rotatable bonds is 3. The fourth-order valence-corrected chi connectivity index (χ4v) is 2.90. The molecule has 0 radical (unpaired) electrons. The summed E-state index contributed by atoms with van der Waals surface area (Å²) in [5.74, 6) is -1.45. The maximum absolute atomic E-state index is 12.2. The summed E-state index contributed by atoms with van der Waals surface area (Å²) in [5.41, 5.74) is 0.930. The van der Waals surface area contributed by atoms with Crippen molar-refractivity contribution in [3.63, 3.8) is 0 Å². The number of nitrogens with one attached hydrogen (secondary N) is 1. The summed E-state index contributed by atoms with van der Waals surface area (Å²) in [6, 6.07) is 4.61. The molecule has 1 amide bonds. The zero-order valence-corrected chi connectivity index (χ0v) is 13.1. The van der Waals surface area contributed by atoms with Gasteiger partial charge >= 0.3 is 5.97 Å². The van der Waals surface area contributed by atoms with Crippen molar-refractivity contribution in [2.24, 2.45) is 0 Å². The number of benzene rings is 1. The summed E-state index contributed by atoms with van der Waals surface area (Å²) < 4.78 is 0.690. The molecule has 2 aromatic rings. The zero-order valence-electron chi connectivity index (χ0n) is 10.7. The number of nitrogens with zero attached hydrogens (tertiary/aromatic N) is 1. The van der Waals surface area contributed by atoms with Gasteiger partial charge in [0.2, 0.25) is 0 Å². The lowest BCUT2D eigenvalue weighted by molar-refractivity contribution is 0.0698. The normalized spacial score (nSPS) is 10.3. The first-order valence-electron chi connectivity index (χ1n) is 5.66. The molecule has 1 aromatic heterocycles. The van der Waals surface area contributed by atoms with E-state index in [4.69, 9.17) is 5.11 Å². The second-order valence-electron chi connectivity index (χ2n) is 4.10. The van der Waals surface area contributed by atoms with Gasteiger partial charge in [0.05, 0.1) is 22.0 Å². The Morgan fingerprint density at radius 2 is 2.05 bits per heavy atom. The van der Waals surface area contributed by atoms with Crippen LogP contribution in [0.5, 0.6) is 0 Å². The van der Waals surface area contributed by atoms with Crippen LogP contribution >= 0.6 is 27.3 Å². The predicted molar refractivity (Wildman–Crippen MR) is 80.6 cm³/mol. The third-order valence-electron chi connectivity index (χ3n) is 2.57. The molecule has 7 heteroatoms. The number of carboxylic acids is 1. The number of carbonyl (C=O) groups is 2. The van der Waals surface area contributed by atoms with E-state index in [1.807, 2.05) is 6.92 Å². The monoisotopic (exact) mass is 354 g/mol. The molecule has 2 N–H and O–H groups in total. The van der Waals surface area contributed by atoms with Crippen LogP contribution in [-0.2, 0) is 0 Å². The summed E-state index contributed by atoms with van der Waals surface area (Å²) >= 11 is 4.53. The number of aryl methyl sites for hydroxylation is 2. The average Bonchev–Trinajstić information content (AvgIpc) is 2.68. The Morgan fingerprint density at radius 1 is 1.35 bits per heavy atom. The first-order valence-corrected chi connectivity index (χ1v) is 7.27. The Hall–Kier alpha value is -1.73. The van der Waals surface area contributed by atoms with Gasteiger partial charge in [-0.3, -0.25) is 4.79 Å². The lowest BCUT2D eigenvalue weighted by Crippen LogP contribution is -2.14. The van der Waals surface area contributed by atoms with Crippen molar-refractivity contribution in [1.82, 2.24) is 4.98 Å². The average molecular weight is 355 g/mol. The van der Waals surface area contributed by atoms with Gasteiger partial charge in [-0.1, -0.05) is 15.9 Å². The molecule has 0 fully saturated rings. The molecule has 0 atom stereocenters. The highest BCUT2D eigenvalue weighted by Gasteiger charge is 2.17. The summed E-state index contributed by atoms with van der Waals surface area (Å²) in [4.78, 5) is 28.0. The molecule has 5 nitrogen and oxygen atoms in total. The molecule has 0 spiro atoms. The van der Waals surface area contributed by atoms with Crippen LogP contribution in [0.1, 0.15) is 30.7 Å². The molecule has 1 heterocycles. The minimum atomic E-state index is -1.09. The number of hydrogen-bond donors (Lipinski definition) is 2. The molecule has 104 valence electrons. The van der Waals surface area contributed by atoms with Crippen molar-refractivity contribution in [3.8, 4) is 0 Å². The fraction of sp³-hybridized carbons (Fsp3) is 0.154. The smallest absolute Gasteiger partial charge is 0.337 e. The van der Waals surface area contributed by atoms with Crippen molar-refractivity contribution in [2.75, 3.05) is 5.32 Å². The van der Waals surface area contributed by atoms with Gasteiger partial charge in [0.15, 0.2) is 0 Å².